The van der Waals surface area contributed by atoms with E-state index in [0.29, 0.717) is 18.0 Å². The standard InChI is InChI=1S/C21H18N2O4S/c1-12-20(24)23(10-14-3-5-15(6-4-14)21(25)26)18-9-16(7-8-19(18)27-12)17-11-28-13(2)22-17/h3-9,11-12H,10H2,1-2H3,(H,25,26). The molecule has 2 heterocycles. The Morgan fingerprint density at radius 1 is 1.25 bits per heavy atom. The number of carboxylic acids is 1. The monoisotopic (exact) mass is 394 g/mol. The second kappa shape index (κ2) is 7.09. The Kier molecular flexibility index (Phi) is 4.60. The maximum Gasteiger partial charge on any atom is 0.335 e. The lowest BCUT2D eigenvalue weighted by Gasteiger charge is -2.33. The van der Waals surface area contributed by atoms with Crippen LogP contribution in [0.3, 0.4) is 0 Å². The third kappa shape index (κ3) is 3.36. The number of rotatable bonds is 4. The molecule has 28 heavy (non-hydrogen) atoms. The van der Waals surface area contributed by atoms with E-state index >= 15 is 0 Å². The van der Waals surface area contributed by atoms with Gasteiger partial charge in [-0.2, -0.15) is 0 Å². The summed E-state index contributed by atoms with van der Waals surface area (Å²) in [4.78, 5) is 30.1. The second-order valence-electron chi connectivity index (χ2n) is 6.62. The highest BCUT2D eigenvalue weighted by molar-refractivity contribution is 7.09. The van der Waals surface area contributed by atoms with Crippen LogP contribution in [0.2, 0.25) is 0 Å². The SMILES string of the molecule is Cc1nc(-c2ccc3c(c2)N(Cc2ccc(C(=O)O)cc2)C(=O)C(C)O3)cs1. The van der Waals surface area contributed by atoms with E-state index < -0.39 is 12.1 Å². The van der Waals surface area contributed by atoms with Gasteiger partial charge in [0, 0.05) is 10.9 Å². The molecule has 7 heteroatoms. The number of fused-ring (bicyclic) bond motifs is 1. The van der Waals surface area contributed by atoms with Gasteiger partial charge in [0.1, 0.15) is 5.75 Å². The molecule has 0 saturated carbocycles. The summed E-state index contributed by atoms with van der Waals surface area (Å²) in [6.45, 7) is 4.01. The molecule has 1 amide bonds. The molecule has 0 saturated heterocycles. The number of aromatic carboxylic acids is 1. The Morgan fingerprint density at radius 3 is 2.64 bits per heavy atom. The van der Waals surface area contributed by atoms with Crippen LogP contribution in [0.5, 0.6) is 5.75 Å². The molecule has 1 N–H and O–H groups in total. The Morgan fingerprint density at radius 2 is 2.00 bits per heavy atom. The Balaban J connectivity index is 1.70. The summed E-state index contributed by atoms with van der Waals surface area (Å²) < 4.78 is 5.77. The summed E-state index contributed by atoms with van der Waals surface area (Å²) in [7, 11) is 0. The van der Waals surface area contributed by atoms with Crippen molar-refractivity contribution >= 4 is 28.9 Å². The van der Waals surface area contributed by atoms with Crippen LogP contribution in [-0.4, -0.2) is 28.1 Å². The van der Waals surface area contributed by atoms with Gasteiger partial charge in [0.2, 0.25) is 0 Å². The minimum atomic E-state index is -0.976. The van der Waals surface area contributed by atoms with Crippen LogP contribution in [0, 0.1) is 6.92 Å². The first-order valence-electron chi connectivity index (χ1n) is 8.79. The van der Waals surface area contributed by atoms with Gasteiger partial charge in [-0.25, -0.2) is 9.78 Å². The lowest BCUT2D eigenvalue weighted by atomic mass is 10.1. The van der Waals surface area contributed by atoms with Gasteiger partial charge >= 0.3 is 5.97 Å². The minimum Gasteiger partial charge on any atom is -0.479 e. The molecule has 1 unspecified atom stereocenters. The molecule has 1 aliphatic heterocycles. The van der Waals surface area contributed by atoms with Gasteiger partial charge in [0.05, 0.1) is 28.5 Å². The molecule has 0 fully saturated rings. The Labute approximate surface area is 166 Å². The number of carboxylic acid groups (broad SMARTS) is 1. The number of hydrogen-bond acceptors (Lipinski definition) is 5. The molecule has 142 valence electrons. The average Bonchev–Trinajstić information content (AvgIpc) is 3.12. The van der Waals surface area contributed by atoms with Crippen LogP contribution in [-0.2, 0) is 11.3 Å². The number of anilines is 1. The number of carbonyl (C=O) groups is 2. The molecule has 0 bridgehead atoms. The maximum absolute atomic E-state index is 12.8. The minimum absolute atomic E-state index is 0.138. The van der Waals surface area contributed by atoms with E-state index in [1.807, 2.05) is 30.5 Å². The van der Waals surface area contributed by atoms with Crippen molar-refractivity contribution in [1.29, 1.82) is 0 Å². The highest BCUT2D eigenvalue weighted by Gasteiger charge is 2.32. The van der Waals surface area contributed by atoms with Gasteiger partial charge in [0.25, 0.3) is 5.91 Å². The van der Waals surface area contributed by atoms with Crippen molar-refractivity contribution in [2.24, 2.45) is 0 Å². The first-order valence-corrected chi connectivity index (χ1v) is 9.67. The van der Waals surface area contributed by atoms with Crippen LogP contribution in [0.15, 0.2) is 47.8 Å². The van der Waals surface area contributed by atoms with Crippen molar-refractivity contribution in [2.75, 3.05) is 4.90 Å². The van der Waals surface area contributed by atoms with E-state index in [1.165, 1.54) is 0 Å². The van der Waals surface area contributed by atoms with E-state index in [9.17, 15) is 9.59 Å². The van der Waals surface area contributed by atoms with Gasteiger partial charge in [-0.3, -0.25) is 4.79 Å². The Bertz CT molecular complexity index is 1060. The number of benzene rings is 2. The van der Waals surface area contributed by atoms with Crippen molar-refractivity contribution in [1.82, 2.24) is 4.98 Å². The molecular weight excluding hydrogens is 376 g/mol. The fourth-order valence-corrected chi connectivity index (χ4v) is 3.78. The first kappa shape index (κ1) is 18.2. The van der Waals surface area contributed by atoms with Crippen molar-refractivity contribution in [3.63, 3.8) is 0 Å². The molecule has 2 aromatic carbocycles. The van der Waals surface area contributed by atoms with Crippen LogP contribution in [0.4, 0.5) is 5.69 Å². The molecule has 0 radical (unpaired) electrons. The van der Waals surface area contributed by atoms with Crippen LogP contribution in [0.25, 0.3) is 11.3 Å². The number of hydrogen-bond donors (Lipinski definition) is 1. The third-order valence-corrected chi connectivity index (χ3v) is 5.40. The molecule has 1 aromatic heterocycles. The van der Waals surface area contributed by atoms with Crippen molar-refractivity contribution in [2.45, 2.75) is 26.5 Å². The lowest BCUT2D eigenvalue weighted by Crippen LogP contribution is -2.44. The van der Waals surface area contributed by atoms with Crippen molar-refractivity contribution < 1.29 is 19.4 Å². The molecular formula is C21H18N2O4S. The quantitative estimate of drug-likeness (QED) is 0.720. The van der Waals surface area contributed by atoms with E-state index in [2.05, 4.69) is 4.98 Å². The summed E-state index contributed by atoms with van der Waals surface area (Å²) in [5.41, 5.74) is 3.52. The fourth-order valence-electron chi connectivity index (χ4n) is 3.16. The smallest absolute Gasteiger partial charge is 0.335 e. The number of nitrogens with zero attached hydrogens (tertiary/aromatic N) is 2. The number of aryl methyl sites for hydroxylation is 1. The first-order chi connectivity index (χ1) is 13.4. The zero-order valence-electron chi connectivity index (χ0n) is 15.4. The predicted molar refractivity (Wildman–Crippen MR) is 107 cm³/mol. The van der Waals surface area contributed by atoms with Gasteiger partial charge < -0.3 is 14.7 Å². The van der Waals surface area contributed by atoms with E-state index in [4.69, 9.17) is 9.84 Å². The van der Waals surface area contributed by atoms with Gasteiger partial charge in [0.15, 0.2) is 6.10 Å². The number of ether oxygens (including phenoxy) is 1. The van der Waals surface area contributed by atoms with Crippen molar-refractivity contribution in [3.8, 4) is 17.0 Å². The normalized spacial score (nSPS) is 15.9. The van der Waals surface area contributed by atoms with Gasteiger partial charge in [-0.1, -0.05) is 12.1 Å². The predicted octanol–water partition coefficient (Wildman–Crippen LogP) is 4.13. The molecule has 0 aliphatic carbocycles. The largest absolute Gasteiger partial charge is 0.479 e. The molecule has 1 aliphatic rings. The zero-order chi connectivity index (χ0) is 19.8. The molecule has 6 nitrogen and oxygen atoms in total. The molecule has 4 rings (SSSR count). The van der Waals surface area contributed by atoms with Crippen LogP contribution in [0.1, 0.15) is 27.9 Å². The summed E-state index contributed by atoms with van der Waals surface area (Å²) in [6.07, 6.45) is -0.585. The number of carbonyl (C=O) groups excluding carboxylic acids is 1. The lowest BCUT2D eigenvalue weighted by molar-refractivity contribution is -0.125. The highest BCUT2D eigenvalue weighted by atomic mass is 32.1. The second-order valence-corrected chi connectivity index (χ2v) is 7.68. The van der Waals surface area contributed by atoms with Crippen LogP contribution < -0.4 is 9.64 Å². The number of thiazole rings is 1. The maximum atomic E-state index is 12.8. The van der Waals surface area contributed by atoms with E-state index in [0.717, 1.165) is 21.8 Å². The van der Waals surface area contributed by atoms with Crippen LogP contribution >= 0.6 is 11.3 Å². The number of amides is 1. The zero-order valence-corrected chi connectivity index (χ0v) is 16.2. The molecule has 0 spiro atoms. The summed E-state index contributed by atoms with van der Waals surface area (Å²) in [6, 6.07) is 12.3. The topological polar surface area (TPSA) is 79.7 Å². The summed E-state index contributed by atoms with van der Waals surface area (Å²) in [5, 5.41) is 12.0. The third-order valence-electron chi connectivity index (χ3n) is 4.62. The van der Waals surface area contributed by atoms with Gasteiger partial charge in [-0.15, -0.1) is 11.3 Å². The summed E-state index contributed by atoms with van der Waals surface area (Å²) >= 11 is 1.57. The summed E-state index contributed by atoms with van der Waals surface area (Å²) in [5.74, 6) is -0.470. The van der Waals surface area contributed by atoms with E-state index in [1.54, 1.807) is 47.4 Å². The van der Waals surface area contributed by atoms with E-state index in [-0.39, 0.29) is 11.5 Å². The fraction of sp³-hybridized carbons (Fsp3) is 0.190. The average molecular weight is 394 g/mol. The molecule has 3 aromatic rings. The van der Waals surface area contributed by atoms with Gasteiger partial charge in [-0.05, 0) is 49.7 Å². The number of aromatic nitrogens is 1. The molecule has 1 atom stereocenters. The Hall–Kier alpha value is -3.19. The van der Waals surface area contributed by atoms with Crippen molar-refractivity contribution in [3.05, 3.63) is 64.0 Å². The highest BCUT2D eigenvalue weighted by Crippen LogP contribution is 2.38.